The van der Waals surface area contributed by atoms with Gasteiger partial charge in [0.1, 0.15) is 5.75 Å². The lowest BCUT2D eigenvalue weighted by Gasteiger charge is -2.14. The van der Waals surface area contributed by atoms with Crippen LogP contribution >= 0.6 is 23.5 Å². The Kier molecular flexibility index (Phi) is 7.32. The van der Waals surface area contributed by atoms with Crippen molar-refractivity contribution in [2.24, 2.45) is 0 Å². The molecule has 2 aromatic carbocycles. The van der Waals surface area contributed by atoms with Crippen LogP contribution in [0.4, 0.5) is 0 Å². The van der Waals surface area contributed by atoms with Crippen molar-refractivity contribution in [3.63, 3.8) is 0 Å². The van der Waals surface area contributed by atoms with Crippen molar-refractivity contribution in [2.45, 2.75) is 30.2 Å². The van der Waals surface area contributed by atoms with Gasteiger partial charge >= 0.3 is 0 Å². The Morgan fingerprint density at radius 3 is 2.81 bits per heavy atom. The molecule has 0 aliphatic rings. The molecule has 160 valence electrons. The van der Waals surface area contributed by atoms with Gasteiger partial charge in [-0.25, -0.2) is 9.97 Å². The zero-order chi connectivity index (χ0) is 21.5. The molecule has 0 saturated heterocycles. The number of aromatic amines is 1. The Morgan fingerprint density at radius 1 is 1.10 bits per heavy atom. The van der Waals surface area contributed by atoms with Crippen LogP contribution in [0.3, 0.4) is 0 Å². The zero-order valence-electron chi connectivity index (χ0n) is 17.6. The van der Waals surface area contributed by atoms with E-state index in [1.807, 2.05) is 55.0 Å². The van der Waals surface area contributed by atoms with Crippen LogP contribution in [0.1, 0.15) is 17.5 Å². The highest BCUT2D eigenvalue weighted by atomic mass is 32.2. The van der Waals surface area contributed by atoms with Crippen molar-refractivity contribution < 1.29 is 4.74 Å². The summed E-state index contributed by atoms with van der Waals surface area (Å²) >= 11 is 3.29. The van der Waals surface area contributed by atoms with E-state index in [4.69, 9.17) is 4.74 Å². The largest absolute Gasteiger partial charge is 0.493 e. The summed E-state index contributed by atoms with van der Waals surface area (Å²) < 4.78 is 8.23. The molecule has 6 nitrogen and oxygen atoms in total. The van der Waals surface area contributed by atoms with E-state index in [0.717, 1.165) is 46.2 Å². The van der Waals surface area contributed by atoms with Gasteiger partial charge in [0.15, 0.2) is 11.0 Å². The summed E-state index contributed by atoms with van der Waals surface area (Å²) in [5, 5.41) is 9.09. The molecule has 0 radical (unpaired) electrons. The van der Waals surface area contributed by atoms with E-state index in [9.17, 15) is 0 Å². The van der Waals surface area contributed by atoms with Gasteiger partial charge in [0.2, 0.25) is 5.16 Å². The van der Waals surface area contributed by atoms with E-state index in [1.165, 1.54) is 11.1 Å². The Hall–Kier alpha value is -2.71. The molecule has 2 aromatic heterocycles. The number of benzene rings is 2. The molecule has 4 rings (SSSR count). The van der Waals surface area contributed by atoms with E-state index in [1.54, 1.807) is 23.5 Å². The van der Waals surface area contributed by atoms with Gasteiger partial charge in [-0.3, -0.25) is 5.10 Å². The topological polar surface area (TPSA) is 68.6 Å². The smallest absolute Gasteiger partial charge is 0.208 e. The van der Waals surface area contributed by atoms with Gasteiger partial charge in [-0.1, -0.05) is 66.0 Å². The molecular formula is C23H25N5OS2. The quantitative estimate of drug-likeness (QED) is 0.260. The Balaban J connectivity index is 1.26. The summed E-state index contributed by atoms with van der Waals surface area (Å²) in [5.74, 6) is 2.64. The van der Waals surface area contributed by atoms with E-state index < -0.39 is 0 Å². The molecule has 0 unspecified atom stereocenters. The first-order valence-electron chi connectivity index (χ1n) is 10.1. The van der Waals surface area contributed by atoms with Crippen LogP contribution < -0.4 is 4.74 Å². The third kappa shape index (κ3) is 5.51. The molecule has 2 heterocycles. The maximum absolute atomic E-state index is 6.07. The third-order valence-electron chi connectivity index (χ3n) is 4.89. The first-order valence-corrected chi connectivity index (χ1v) is 12.3. The van der Waals surface area contributed by atoms with Crippen LogP contribution in [-0.2, 0) is 6.54 Å². The lowest BCUT2D eigenvalue weighted by atomic mass is 10.1. The highest BCUT2D eigenvalue weighted by Gasteiger charge is 2.09. The van der Waals surface area contributed by atoms with Crippen LogP contribution in [0.25, 0.3) is 11.4 Å². The van der Waals surface area contributed by atoms with E-state index >= 15 is 0 Å². The average molecular weight is 452 g/mol. The van der Waals surface area contributed by atoms with Crippen LogP contribution in [-0.4, -0.2) is 43.3 Å². The zero-order valence-corrected chi connectivity index (χ0v) is 19.2. The number of H-pyrrole nitrogens is 1. The number of imidazole rings is 1. The summed E-state index contributed by atoms with van der Waals surface area (Å²) in [7, 11) is 0. The number of nitrogens with one attached hydrogen (secondary N) is 1. The Bertz CT molecular complexity index is 1110. The molecule has 4 aromatic rings. The number of rotatable bonds is 10. The van der Waals surface area contributed by atoms with Crippen molar-refractivity contribution >= 4 is 23.5 Å². The van der Waals surface area contributed by atoms with Gasteiger partial charge in [-0.15, -0.1) is 5.10 Å². The molecular weight excluding hydrogens is 426 g/mol. The fourth-order valence-electron chi connectivity index (χ4n) is 3.22. The highest BCUT2D eigenvalue weighted by molar-refractivity contribution is 7.99. The third-order valence-corrected chi connectivity index (χ3v) is 6.52. The number of thioether (sulfide) groups is 2. The molecule has 8 heteroatoms. The maximum atomic E-state index is 6.07. The van der Waals surface area contributed by atoms with Crippen molar-refractivity contribution in [2.75, 3.05) is 18.6 Å². The minimum Gasteiger partial charge on any atom is -0.493 e. The molecule has 0 atom stereocenters. The Morgan fingerprint density at radius 2 is 1.97 bits per heavy atom. The number of nitrogens with zero attached hydrogens (tertiary/aromatic N) is 4. The van der Waals surface area contributed by atoms with Crippen LogP contribution in [0.15, 0.2) is 71.2 Å². The lowest BCUT2D eigenvalue weighted by Crippen LogP contribution is -2.05. The first kappa shape index (κ1) is 21.5. The van der Waals surface area contributed by atoms with E-state index in [-0.39, 0.29) is 0 Å². The fourth-order valence-corrected chi connectivity index (χ4v) is 4.45. The minimum atomic E-state index is 0.661. The lowest BCUT2D eigenvalue weighted by molar-refractivity contribution is 0.316. The maximum Gasteiger partial charge on any atom is 0.208 e. The van der Waals surface area contributed by atoms with E-state index in [2.05, 4.69) is 43.8 Å². The SMILES string of the molecule is CSc1nccn1Cc1cccc(OCCCSc2n[nH]c(-c3ccccc3)n2)c1C. The molecule has 0 aliphatic heterocycles. The predicted octanol–water partition coefficient (Wildman–Crippen LogP) is 5.31. The molecule has 1 N–H and O–H groups in total. The first-order chi connectivity index (χ1) is 15.2. The van der Waals surface area contributed by atoms with Crippen molar-refractivity contribution in [1.82, 2.24) is 24.7 Å². The van der Waals surface area contributed by atoms with Crippen LogP contribution in [0.5, 0.6) is 5.75 Å². The Labute approximate surface area is 190 Å². The summed E-state index contributed by atoms with van der Waals surface area (Å²) in [6.07, 6.45) is 6.82. The number of hydrogen-bond acceptors (Lipinski definition) is 6. The van der Waals surface area contributed by atoms with Gasteiger partial charge in [0.25, 0.3) is 0 Å². The minimum absolute atomic E-state index is 0.661. The summed E-state index contributed by atoms with van der Waals surface area (Å²) in [6.45, 7) is 3.58. The van der Waals surface area contributed by atoms with Gasteiger partial charge in [0.05, 0.1) is 6.61 Å². The van der Waals surface area contributed by atoms with Gasteiger partial charge in [-0.2, -0.15) is 0 Å². The molecule has 0 bridgehead atoms. The number of aromatic nitrogens is 5. The second kappa shape index (κ2) is 10.5. The monoisotopic (exact) mass is 451 g/mol. The van der Waals surface area contributed by atoms with Crippen LogP contribution in [0, 0.1) is 6.92 Å². The van der Waals surface area contributed by atoms with Gasteiger partial charge < -0.3 is 9.30 Å². The molecule has 0 saturated carbocycles. The molecule has 0 fully saturated rings. The molecule has 0 spiro atoms. The van der Waals surface area contributed by atoms with Gasteiger partial charge in [-0.05, 0) is 36.8 Å². The molecule has 0 amide bonds. The standard InChI is InChI=1S/C23H25N5OS2/c1-17-19(16-28-13-12-24-23(28)30-2)10-6-11-20(17)29-14-7-15-31-22-25-21(26-27-22)18-8-4-3-5-9-18/h3-6,8-13H,7,14-16H2,1-2H3,(H,25,26,27). The summed E-state index contributed by atoms with van der Waals surface area (Å²) in [5.41, 5.74) is 3.47. The summed E-state index contributed by atoms with van der Waals surface area (Å²) in [6, 6.07) is 16.3. The second-order valence-electron chi connectivity index (χ2n) is 6.97. The fraction of sp³-hybridized carbons (Fsp3) is 0.261. The number of ether oxygens (including phenoxy) is 1. The highest BCUT2D eigenvalue weighted by Crippen LogP contribution is 2.24. The predicted molar refractivity (Wildman–Crippen MR) is 127 cm³/mol. The summed E-state index contributed by atoms with van der Waals surface area (Å²) in [4.78, 5) is 8.93. The number of hydrogen-bond donors (Lipinski definition) is 1. The average Bonchev–Trinajstić information content (AvgIpc) is 3.46. The van der Waals surface area contributed by atoms with Crippen LogP contribution in [0.2, 0.25) is 0 Å². The second-order valence-corrected chi connectivity index (χ2v) is 8.80. The van der Waals surface area contributed by atoms with Gasteiger partial charge in [0, 0.05) is 30.3 Å². The van der Waals surface area contributed by atoms with E-state index in [0.29, 0.717) is 6.61 Å². The molecule has 0 aliphatic carbocycles. The molecule has 31 heavy (non-hydrogen) atoms. The van der Waals surface area contributed by atoms with Crippen molar-refractivity contribution in [1.29, 1.82) is 0 Å². The van der Waals surface area contributed by atoms with Crippen molar-refractivity contribution in [3.05, 3.63) is 72.1 Å². The van der Waals surface area contributed by atoms with Crippen molar-refractivity contribution in [3.8, 4) is 17.1 Å². The normalized spacial score (nSPS) is 11.0.